The van der Waals surface area contributed by atoms with Crippen molar-refractivity contribution in [3.05, 3.63) is 11.6 Å². The Morgan fingerprint density at radius 3 is 3.08 bits per heavy atom. The normalized spacial score (nSPS) is 41.0. The van der Waals surface area contributed by atoms with Crippen LogP contribution in [0.5, 0.6) is 0 Å². The van der Waals surface area contributed by atoms with E-state index < -0.39 is 0 Å². The van der Waals surface area contributed by atoms with Crippen molar-refractivity contribution in [1.82, 2.24) is 0 Å². The summed E-state index contributed by atoms with van der Waals surface area (Å²) in [7, 11) is 0. The van der Waals surface area contributed by atoms with Gasteiger partial charge in [0, 0.05) is 6.42 Å². The smallest absolute Gasteiger partial charge is 0.155 e. The summed E-state index contributed by atoms with van der Waals surface area (Å²) in [5, 5.41) is 9.59. The molecule has 12 heavy (non-hydrogen) atoms. The lowest BCUT2D eigenvalue weighted by molar-refractivity contribution is -0.115. The van der Waals surface area contributed by atoms with Gasteiger partial charge in [0.2, 0.25) is 0 Å². The molecule has 0 aliphatic heterocycles. The van der Waals surface area contributed by atoms with E-state index in [4.69, 9.17) is 0 Å². The zero-order valence-electron chi connectivity index (χ0n) is 7.34. The minimum absolute atomic E-state index is 0.132. The summed E-state index contributed by atoms with van der Waals surface area (Å²) in [5.74, 6) is 0.184. The highest BCUT2D eigenvalue weighted by Crippen LogP contribution is 2.48. The minimum Gasteiger partial charge on any atom is -0.389 e. The van der Waals surface area contributed by atoms with Gasteiger partial charge in [-0.15, -0.1) is 0 Å². The van der Waals surface area contributed by atoms with Gasteiger partial charge in [-0.2, -0.15) is 0 Å². The molecule has 1 N–H and O–H groups in total. The SMILES string of the molecule is CC12CCC(=O)C=C1C(O)CC2. The van der Waals surface area contributed by atoms with E-state index in [0.29, 0.717) is 6.42 Å². The summed E-state index contributed by atoms with van der Waals surface area (Å²) in [6.45, 7) is 2.15. The van der Waals surface area contributed by atoms with Crippen molar-refractivity contribution in [1.29, 1.82) is 0 Å². The van der Waals surface area contributed by atoms with Crippen molar-refractivity contribution in [2.24, 2.45) is 5.41 Å². The van der Waals surface area contributed by atoms with Crippen LogP contribution in [0.1, 0.15) is 32.6 Å². The molecule has 2 heteroatoms. The van der Waals surface area contributed by atoms with Gasteiger partial charge in [0.15, 0.2) is 5.78 Å². The molecule has 0 spiro atoms. The quantitative estimate of drug-likeness (QED) is 0.591. The molecular formula is C10H14O2. The van der Waals surface area contributed by atoms with Gasteiger partial charge in [0.05, 0.1) is 6.10 Å². The van der Waals surface area contributed by atoms with Crippen LogP contribution >= 0.6 is 0 Å². The molecule has 2 rings (SSSR count). The Labute approximate surface area is 72.3 Å². The van der Waals surface area contributed by atoms with Crippen LogP contribution in [0.3, 0.4) is 0 Å². The average molecular weight is 166 g/mol. The third-order valence-electron chi connectivity index (χ3n) is 3.27. The predicted molar refractivity (Wildman–Crippen MR) is 45.7 cm³/mol. The van der Waals surface area contributed by atoms with Crippen molar-refractivity contribution in [3.63, 3.8) is 0 Å². The highest BCUT2D eigenvalue weighted by molar-refractivity contribution is 5.91. The van der Waals surface area contributed by atoms with Crippen LogP contribution in [0.25, 0.3) is 0 Å². The topological polar surface area (TPSA) is 37.3 Å². The van der Waals surface area contributed by atoms with Gasteiger partial charge in [-0.25, -0.2) is 0 Å². The lowest BCUT2D eigenvalue weighted by Gasteiger charge is -2.29. The molecule has 66 valence electrons. The number of hydrogen-bond acceptors (Lipinski definition) is 2. The number of carbonyl (C=O) groups excluding carboxylic acids is 1. The molecule has 0 bridgehead atoms. The maximum Gasteiger partial charge on any atom is 0.155 e. The van der Waals surface area contributed by atoms with Gasteiger partial charge in [-0.3, -0.25) is 4.79 Å². The standard InChI is InChI=1S/C10H14O2/c1-10-4-2-7(11)6-8(10)9(12)3-5-10/h6,9,12H,2-5H2,1H3. The Morgan fingerprint density at radius 1 is 1.58 bits per heavy atom. The summed E-state index contributed by atoms with van der Waals surface area (Å²) < 4.78 is 0. The molecule has 2 unspecified atom stereocenters. The van der Waals surface area contributed by atoms with E-state index >= 15 is 0 Å². The van der Waals surface area contributed by atoms with Crippen LogP contribution in [0.2, 0.25) is 0 Å². The summed E-state index contributed by atoms with van der Waals surface area (Å²) >= 11 is 0. The second kappa shape index (κ2) is 2.43. The molecule has 0 amide bonds. The molecule has 1 fully saturated rings. The maximum absolute atomic E-state index is 11.1. The molecular weight excluding hydrogens is 152 g/mol. The number of allylic oxidation sites excluding steroid dienone is 1. The van der Waals surface area contributed by atoms with E-state index in [1.165, 1.54) is 0 Å². The van der Waals surface area contributed by atoms with Crippen LogP contribution in [0, 0.1) is 5.41 Å². The number of rotatable bonds is 0. The Morgan fingerprint density at radius 2 is 2.33 bits per heavy atom. The highest BCUT2D eigenvalue weighted by atomic mass is 16.3. The van der Waals surface area contributed by atoms with Crippen LogP contribution in [0.15, 0.2) is 11.6 Å². The molecule has 0 saturated heterocycles. The third-order valence-corrected chi connectivity index (χ3v) is 3.27. The van der Waals surface area contributed by atoms with Gasteiger partial charge < -0.3 is 5.11 Å². The van der Waals surface area contributed by atoms with E-state index in [1.807, 2.05) is 0 Å². The number of hydrogen-bond donors (Lipinski definition) is 1. The van der Waals surface area contributed by atoms with Crippen molar-refractivity contribution in [3.8, 4) is 0 Å². The largest absolute Gasteiger partial charge is 0.389 e. The first-order chi connectivity index (χ1) is 5.62. The van der Waals surface area contributed by atoms with Gasteiger partial charge in [-0.05, 0) is 36.3 Å². The molecule has 0 aromatic rings. The summed E-state index contributed by atoms with van der Waals surface area (Å²) in [5.41, 5.74) is 1.12. The lowest BCUT2D eigenvalue weighted by Crippen LogP contribution is -2.24. The van der Waals surface area contributed by atoms with E-state index in [2.05, 4.69) is 6.92 Å². The number of aliphatic hydroxyl groups is 1. The molecule has 2 nitrogen and oxygen atoms in total. The van der Waals surface area contributed by atoms with Crippen LogP contribution in [-0.4, -0.2) is 17.0 Å². The molecule has 0 aromatic carbocycles. The van der Waals surface area contributed by atoms with Crippen molar-refractivity contribution >= 4 is 5.78 Å². The zero-order chi connectivity index (χ0) is 8.77. The Hall–Kier alpha value is -0.630. The average Bonchev–Trinajstić information content (AvgIpc) is 2.31. The molecule has 1 saturated carbocycles. The molecule has 2 atom stereocenters. The Balaban J connectivity index is 2.38. The highest BCUT2D eigenvalue weighted by Gasteiger charge is 2.41. The Bertz CT molecular complexity index is 255. The fourth-order valence-corrected chi connectivity index (χ4v) is 2.34. The number of carbonyl (C=O) groups is 1. The molecule has 0 radical (unpaired) electrons. The predicted octanol–water partition coefficient (Wildman–Crippen LogP) is 1.44. The van der Waals surface area contributed by atoms with Gasteiger partial charge in [0.1, 0.15) is 0 Å². The molecule has 0 heterocycles. The fourth-order valence-electron chi connectivity index (χ4n) is 2.34. The van der Waals surface area contributed by atoms with E-state index in [-0.39, 0.29) is 17.3 Å². The van der Waals surface area contributed by atoms with Crippen molar-refractivity contribution in [2.45, 2.75) is 38.7 Å². The molecule has 2 aliphatic carbocycles. The summed E-state index contributed by atoms with van der Waals surface area (Å²) in [6.07, 6.45) is 4.77. The first-order valence-electron chi connectivity index (χ1n) is 4.55. The monoisotopic (exact) mass is 166 g/mol. The van der Waals surface area contributed by atoms with E-state index in [0.717, 1.165) is 24.8 Å². The minimum atomic E-state index is -0.348. The van der Waals surface area contributed by atoms with Crippen LogP contribution in [0.4, 0.5) is 0 Å². The van der Waals surface area contributed by atoms with E-state index in [1.54, 1.807) is 6.08 Å². The third kappa shape index (κ3) is 1.02. The number of aliphatic hydroxyl groups excluding tert-OH is 1. The van der Waals surface area contributed by atoms with Gasteiger partial charge >= 0.3 is 0 Å². The zero-order valence-corrected chi connectivity index (χ0v) is 7.34. The summed E-state index contributed by atoms with van der Waals surface area (Å²) in [6, 6.07) is 0. The van der Waals surface area contributed by atoms with Crippen LogP contribution in [-0.2, 0) is 4.79 Å². The number of fused-ring (bicyclic) bond motifs is 1. The molecule has 2 aliphatic rings. The van der Waals surface area contributed by atoms with E-state index in [9.17, 15) is 9.90 Å². The summed E-state index contributed by atoms with van der Waals surface area (Å²) in [4.78, 5) is 11.1. The first-order valence-corrected chi connectivity index (χ1v) is 4.55. The fraction of sp³-hybridized carbons (Fsp3) is 0.700. The maximum atomic E-state index is 11.1. The molecule has 0 aromatic heterocycles. The first kappa shape index (κ1) is 7.99. The van der Waals surface area contributed by atoms with Crippen molar-refractivity contribution in [2.75, 3.05) is 0 Å². The number of ketones is 1. The Kier molecular flexibility index (Phi) is 1.62. The second-order valence-electron chi connectivity index (χ2n) is 4.18. The second-order valence-corrected chi connectivity index (χ2v) is 4.18. The van der Waals surface area contributed by atoms with Gasteiger partial charge in [-0.1, -0.05) is 6.92 Å². The van der Waals surface area contributed by atoms with Crippen LogP contribution < -0.4 is 0 Å². The lowest BCUT2D eigenvalue weighted by atomic mass is 9.75. The van der Waals surface area contributed by atoms with Crippen molar-refractivity contribution < 1.29 is 9.90 Å². The van der Waals surface area contributed by atoms with Gasteiger partial charge in [0.25, 0.3) is 0 Å².